The van der Waals surface area contributed by atoms with Gasteiger partial charge in [-0.25, -0.2) is 9.46 Å². The third kappa shape index (κ3) is 24.8. The summed E-state index contributed by atoms with van der Waals surface area (Å²) in [6.07, 6.45) is 22.9. The van der Waals surface area contributed by atoms with Crippen molar-refractivity contribution in [3.63, 3.8) is 0 Å². The standard InChI is InChI=1S/C32H65N4O3P/c1-6-7-8-9-10-15-18-21-26-34-32(37)35-27-22-19-16-13-11-12-14-17-20-23-28-38-40(39-29-24-25-33)36(30(2)3)31(4)5/h30-31H,6-24,26-29H2,1-5H3,(H2,34,35,37). The minimum atomic E-state index is -1.11. The van der Waals surface area contributed by atoms with Gasteiger partial charge in [0, 0.05) is 25.2 Å². The van der Waals surface area contributed by atoms with Crippen LogP contribution in [-0.2, 0) is 9.05 Å². The van der Waals surface area contributed by atoms with Gasteiger partial charge in [0.05, 0.1) is 25.7 Å². The maximum absolute atomic E-state index is 11.9. The minimum absolute atomic E-state index is 0.00588. The summed E-state index contributed by atoms with van der Waals surface area (Å²) in [6, 6.07) is 2.84. The number of rotatable bonds is 29. The van der Waals surface area contributed by atoms with E-state index in [-0.39, 0.29) is 6.03 Å². The molecule has 0 radical (unpaired) electrons. The lowest BCUT2D eigenvalue weighted by atomic mass is 10.1. The second-order valence-electron chi connectivity index (χ2n) is 11.6. The molecule has 8 heteroatoms. The monoisotopic (exact) mass is 584 g/mol. The van der Waals surface area contributed by atoms with Crippen molar-refractivity contribution in [3.05, 3.63) is 0 Å². The van der Waals surface area contributed by atoms with Crippen LogP contribution in [0.5, 0.6) is 0 Å². The van der Waals surface area contributed by atoms with Gasteiger partial charge in [0.25, 0.3) is 8.53 Å². The molecule has 0 fully saturated rings. The molecule has 0 aromatic carbocycles. The number of carbonyl (C=O) groups excluding carboxylic acids is 1. The van der Waals surface area contributed by atoms with E-state index in [1.165, 1.54) is 96.3 Å². The van der Waals surface area contributed by atoms with Crippen molar-refractivity contribution >= 4 is 14.6 Å². The van der Waals surface area contributed by atoms with Crippen LogP contribution >= 0.6 is 8.53 Å². The quantitative estimate of drug-likeness (QED) is 0.0675. The fraction of sp³-hybridized carbons (Fsp3) is 0.938. The molecule has 0 saturated heterocycles. The predicted octanol–water partition coefficient (Wildman–Crippen LogP) is 9.62. The lowest BCUT2D eigenvalue weighted by molar-refractivity contribution is 0.174. The summed E-state index contributed by atoms with van der Waals surface area (Å²) < 4.78 is 14.4. The van der Waals surface area contributed by atoms with Gasteiger partial charge in [-0.05, 0) is 47.0 Å². The molecule has 0 saturated carbocycles. The van der Waals surface area contributed by atoms with Gasteiger partial charge in [-0.1, -0.05) is 103 Å². The SMILES string of the molecule is CCCCCCCCCCNC(=O)NCCCCCCCCCCCCOP(OCCC#N)N(C(C)C)C(C)C. The highest BCUT2D eigenvalue weighted by Crippen LogP contribution is 2.46. The Morgan fingerprint density at radius 1 is 0.675 bits per heavy atom. The van der Waals surface area contributed by atoms with E-state index in [0.717, 1.165) is 39.0 Å². The zero-order valence-corrected chi connectivity index (χ0v) is 27.9. The molecule has 0 bridgehead atoms. The Morgan fingerprint density at radius 2 is 1.07 bits per heavy atom. The first-order chi connectivity index (χ1) is 19.4. The van der Waals surface area contributed by atoms with Crippen LogP contribution in [0.25, 0.3) is 0 Å². The Labute approximate surface area is 249 Å². The van der Waals surface area contributed by atoms with Crippen molar-refractivity contribution in [1.29, 1.82) is 5.26 Å². The Hall–Kier alpha value is -0.930. The number of nitrogens with one attached hydrogen (secondary N) is 2. The van der Waals surface area contributed by atoms with Crippen LogP contribution in [0.3, 0.4) is 0 Å². The minimum Gasteiger partial charge on any atom is -0.338 e. The smallest absolute Gasteiger partial charge is 0.314 e. The number of nitriles is 1. The van der Waals surface area contributed by atoms with Gasteiger partial charge in [-0.3, -0.25) is 0 Å². The number of carbonyl (C=O) groups is 1. The first-order valence-electron chi connectivity index (χ1n) is 16.7. The number of urea groups is 1. The third-order valence-corrected chi connectivity index (χ3v) is 9.14. The van der Waals surface area contributed by atoms with E-state index >= 15 is 0 Å². The molecular weight excluding hydrogens is 519 g/mol. The van der Waals surface area contributed by atoms with E-state index in [4.69, 9.17) is 14.3 Å². The van der Waals surface area contributed by atoms with E-state index < -0.39 is 8.53 Å². The number of amides is 2. The topological polar surface area (TPSA) is 86.6 Å². The molecule has 1 atom stereocenters. The highest BCUT2D eigenvalue weighted by Gasteiger charge is 2.26. The molecule has 1 unspecified atom stereocenters. The first kappa shape index (κ1) is 39.1. The summed E-state index contributed by atoms with van der Waals surface area (Å²) in [4.78, 5) is 11.9. The molecule has 2 amide bonds. The lowest BCUT2D eigenvalue weighted by Crippen LogP contribution is -2.36. The second-order valence-corrected chi connectivity index (χ2v) is 13.0. The zero-order valence-electron chi connectivity index (χ0n) is 27.0. The average Bonchev–Trinajstić information content (AvgIpc) is 2.91. The van der Waals surface area contributed by atoms with Gasteiger partial charge in [-0.2, -0.15) is 5.26 Å². The van der Waals surface area contributed by atoms with Crippen LogP contribution in [0.1, 0.15) is 157 Å². The predicted molar refractivity (Wildman–Crippen MR) is 171 cm³/mol. The molecule has 0 aromatic heterocycles. The maximum atomic E-state index is 11.9. The van der Waals surface area contributed by atoms with Crippen LogP contribution < -0.4 is 10.6 Å². The number of hydrogen-bond acceptors (Lipinski definition) is 5. The Bertz CT molecular complexity index is 593. The van der Waals surface area contributed by atoms with Crippen LogP contribution in [0.2, 0.25) is 0 Å². The molecule has 40 heavy (non-hydrogen) atoms. The number of unbranched alkanes of at least 4 members (excludes halogenated alkanes) is 16. The number of nitrogens with zero attached hydrogens (tertiary/aromatic N) is 2. The highest BCUT2D eigenvalue weighted by atomic mass is 31.2. The van der Waals surface area contributed by atoms with Gasteiger partial charge in [0.2, 0.25) is 0 Å². The van der Waals surface area contributed by atoms with Gasteiger partial charge < -0.3 is 19.7 Å². The second kappa shape index (κ2) is 29.6. The van der Waals surface area contributed by atoms with Crippen LogP contribution in [0.15, 0.2) is 0 Å². The fourth-order valence-electron chi connectivity index (χ4n) is 4.82. The summed E-state index contributed by atoms with van der Waals surface area (Å²) in [5.41, 5.74) is 0. The fourth-order valence-corrected chi connectivity index (χ4v) is 6.45. The summed E-state index contributed by atoms with van der Waals surface area (Å²) in [5, 5.41) is 14.8. The summed E-state index contributed by atoms with van der Waals surface area (Å²) in [5.74, 6) is 0. The summed E-state index contributed by atoms with van der Waals surface area (Å²) >= 11 is 0. The maximum Gasteiger partial charge on any atom is 0.314 e. The Balaban J connectivity index is 3.56. The summed E-state index contributed by atoms with van der Waals surface area (Å²) in [7, 11) is -1.11. The highest BCUT2D eigenvalue weighted by molar-refractivity contribution is 7.44. The van der Waals surface area contributed by atoms with Crippen LogP contribution in [0, 0.1) is 11.3 Å². The zero-order chi connectivity index (χ0) is 29.7. The van der Waals surface area contributed by atoms with Gasteiger partial charge in [0.1, 0.15) is 0 Å². The molecule has 236 valence electrons. The largest absolute Gasteiger partial charge is 0.338 e. The van der Waals surface area contributed by atoms with Crippen molar-refractivity contribution in [2.24, 2.45) is 0 Å². The number of hydrogen-bond donors (Lipinski definition) is 2. The average molecular weight is 585 g/mol. The molecular formula is C32H65N4O3P. The van der Waals surface area contributed by atoms with Crippen molar-refractivity contribution < 1.29 is 13.8 Å². The molecule has 0 aliphatic rings. The van der Waals surface area contributed by atoms with E-state index in [0.29, 0.717) is 25.1 Å². The first-order valence-corrected chi connectivity index (χ1v) is 17.8. The molecule has 0 rings (SSSR count). The van der Waals surface area contributed by atoms with Gasteiger partial charge in [0.15, 0.2) is 0 Å². The van der Waals surface area contributed by atoms with Crippen molar-refractivity contribution in [3.8, 4) is 6.07 Å². The molecule has 0 aromatic rings. The molecule has 0 heterocycles. The molecule has 0 aliphatic heterocycles. The molecule has 0 aliphatic carbocycles. The van der Waals surface area contributed by atoms with E-state index in [2.05, 4.69) is 56.0 Å². The normalized spacial score (nSPS) is 12.3. The van der Waals surface area contributed by atoms with Crippen LogP contribution in [0.4, 0.5) is 4.79 Å². The van der Waals surface area contributed by atoms with Crippen molar-refractivity contribution in [1.82, 2.24) is 15.3 Å². The van der Waals surface area contributed by atoms with Gasteiger partial charge >= 0.3 is 6.03 Å². The van der Waals surface area contributed by atoms with Crippen molar-refractivity contribution in [2.45, 2.75) is 169 Å². The van der Waals surface area contributed by atoms with Crippen molar-refractivity contribution in [2.75, 3.05) is 26.3 Å². The van der Waals surface area contributed by atoms with E-state index in [9.17, 15) is 4.79 Å². The third-order valence-electron chi connectivity index (χ3n) is 7.04. The molecule has 2 N–H and O–H groups in total. The van der Waals surface area contributed by atoms with E-state index in [1.54, 1.807) is 0 Å². The lowest BCUT2D eigenvalue weighted by Gasteiger charge is -2.35. The Morgan fingerprint density at radius 3 is 1.50 bits per heavy atom. The Kier molecular flexibility index (Phi) is 28.9. The molecule has 7 nitrogen and oxygen atoms in total. The van der Waals surface area contributed by atoms with E-state index in [1.807, 2.05) is 0 Å². The summed E-state index contributed by atoms with van der Waals surface area (Å²) in [6.45, 7) is 13.7. The van der Waals surface area contributed by atoms with Gasteiger partial charge in [-0.15, -0.1) is 0 Å². The molecule has 0 spiro atoms. The van der Waals surface area contributed by atoms with Crippen LogP contribution in [-0.4, -0.2) is 49.1 Å².